The highest BCUT2D eigenvalue weighted by Gasteiger charge is 2.32. The van der Waals surface area contributed by atoms with E-state index in [1.165, 1.54) is 6.92 Å². The Bertz CT molecular complexity index is 702. The fourth-order valence-corrected chi connectivity index (χ4v) is 2.97. The molecular formula is C19H37N7O6S. The number of rotatable bonds is 15. The van der Waals surface area contributed by atoms with Crippen LogP contribution in [0.1, 0.15) is 40.0 Å². The summed E-state index contributed by atoms with van der Waals surface area (Å²) in [6.45, 7) is 5.02. The third-order valence-electron chi connectivity index (χ3n) is 4.96. The van der Waals surface area contributed by atoms with Gasteiger partial charge in [0.25, 0.3) is 0 Å². The number of amides is 3. The quantitative estimate of drug-likeness (QED) is 0.0499. The van der Waals surface area contributed by atoms with Crippen molar-refractivity contribution in [3.63, 3.8) is 0 Å². The maximum absolute atomic E-state index is 12.7. The van der Waals surface area contributed by atoms with Gasteiger partial charge in [-0.1, -0.05) is 20.3 Å². The van der Waals surface area contributed by atoms with E-state index in [-0.39, 0.29) is 30.6 Å². The number of nitrogens with one attached hydrogen (secondary N) is 3. The molecular weight excluding hydrogens is 454 g/mol. The van der Waals surface area contributed by atoms with E-state index in [2.05, 4.69) is 33.6 Å². The SMILES string of the molecule is CCC(C)C(NC(=O)C(CS)NC(=O)C(NC(=O)C(N)CCCN=C(N)N)C(C)O)C(=O)O. The largest absolute Gasteiger partial charge is 0.480 e. The molecule has 6 atom stereocenters. The van der Waals surface area contributed by atoms with Crippen molar-refractivity contribution in [2.75, 3.05) is 12.3 Å². The molecule has 3 amide bonds. The Balaban J connectivity index is 5.10. The number of thiol groups is 1. The summed E-state index contributed by atoms with van der Waals surface area (Å²) in [4.78, 5) is 52.7. The standard InChI is InChI=1S/C19H37N7O6S/c1-4-9(2)13(18(31)32)25-16(29)12(8-33)24-17(30)14(10(3)27)26-15(28)11(20)6-5-7-23-19(21)22/h9-14,27,33H,4-8,20H2,1-3H3,(H,24,30)(H,25,29)(H,26,28)(H,31,32)(H4,21,22,23). The van der Waals surface area contributed by atoms with Crippen molar-refractivity contribution in [1.29, 1.82) is 0 Å². The Morgan fingerprint density at radius 2 is 1.58 bits per heavy atom. The Labute approximate surface area is 198 Å². The first-order valence-corrected chi connectivity index (χ1v) is 11.2. The van der Waals surface area contributed by atoms with Crippen LogP contribution in [0.3, 0.4) is 0 Å². The maximum atomic E-state index is 12.7. The average Bonchev–Trinajstić information content (AvgIpc) is 2.74. The monoisotopic (exact) mass is 491 g/mol. The molecule has 33 heavy (non-hydrogen) atoms. The molecule has 0 radical (unpaired) electrons. The third-order valence-corrected chi connectivity index (χ3v) is 5.32. The number of carboxylic acid groups (broad SMARTS) is 1. The maximum Gasteiger partial charge on any atom is 0.326 e. The van der Waals surface area contributed by atoms with Crippen LogP contribution in [0.25, 0.3) is 0 Å². The normalized spacial score (nSPS) is 16.3. The first-order valence-electron chi connectivity index (χ1n) is 10.6. The molecule has 0 aliphatic carbocycles. The molecule has 0 rings (SSSR count). The van der Waals surface area contributed by atoms with Gasteiger partial charge >= 0.3 is 5.97 Å². The van der Waals surface area contributed by atoms with Crippen molar-refractivity contribution in [2.24, 2.45) is 28.1 Å². The molecule has 11 N–H and O–H groups in total. The number of aliphatic hydroxyl groups is 1. The van der Waals surface area contributed by atoms with Crippen LogP contribution in [0.15, 0.2) is 4.99 Å². The van der Waals surface area contributed by atoms with Crippen molar-refractivity contribution in [3.05, 3.63) is 0 Å². The number of guanidine groups is 1. The number of aliphatic carboxylic acids is 1. The molecule has 6 unspecified atom stereocenters. The second-order valence-electron chi connectivity index (χ2n) is 7.74. The number of carbonyl (C=O) groups excluding carboxylic acids is 3. The number of aliphatic hydroxyl groups excluding tert-OH is 1. The second kappa shape index (κ2) is 15.3. The number of nitrogens with two attached hydrogens (primary N) is 3. The van der Waals surface area contributed by atoms with Gasteiger partial charge in [0.1, 0.15) is 18.1 Å². The Kier molecular flexibility index (Phi) is 14.1. The van der Waals surface area contributed by atoms with Crippen LogP contribution < -0.4 is 33.2 Å². The number of hydrogen-bond acceptors (Lipinski definition) is 8. The zero-order valence-corrected chi connectivity index (χ0v) is 20.0. The first kappa shape index (κ1) is 30.4. The summed E-state index contributed by atoms with van der Waals surface area (Å²) in [5.74, 6) is -4.06. The number of carboxylic acids is 1. The number of aliphatic imine (C=N–C) groups is 1. The molecule has 0 aliphatic rings. The van der Waals surface area contributed by atoms with E-state index >= 15 is 0 Å². The lowest BCUT2D eigenvalue weighted by atomic mass is 9.99. The summed E-state index contributed by atoms with van der Waals surface area (Å²) in [6.07, 6.45) is -0.151. The predicted molar refractivity (Wildman–Crippen MR) is 126 cm³/mol. The van der Waals surface area contributed by atoms with Gasteiger partial charge in [0, 0.05) is 12.3 Å². The molecule has 190 valence electrons. The summed E-state index contributed by atoms with van der Waals surface area (Å²) in [7, 11) is 0. The lowest BCUT2D eigenvalue weighted by molar-refractivity contribution is -0.143. The van der Waals surface area contributed by atoms with Crippen LogP contribution in [0.4, 0.5) is 0 Å². The summed E-state index contributed by atoms with van der Waals surface area (Å²) >= 11 is 4.04. The first-order chi connectivity index (χ1) is 15.3. The van der Waals surface area contributed by atoms with Crippen LogP contribution >= 0.6 is 12.6 Å². The highest BCUT2D eigenvalue weighted by atomic mass is 32.1. The minimum Gasteiger partial charge on any atom is -0.480 e. The van der Waals surface area contributed by atoms with Crippen molar-refractivity contribution in [2.45, 2.75) is 70.3 Å². The lowest BCUT2D eigenvalue weighted by Crippen LogP contribution is -2.60. The Hall–Kier alpha value is -2.58. The summed E-state index contributed by atoms with van der Waals surface area (Å²) in [5.41, 5.74) is 16.3. The van der Waals surface area contributed by atoms with Gasteiger partial charge in [-0.2, -0.15) is 12.6 Å². The summed E-state index contributed by atoms with van der Waals surface area (Å²) < 4.78 is 0. The predicted octanol–water partition coefficient (Wildman–Crippen LogP) is -2.74. The lowest BCUT2D eigenvalue weighted by Gasteiger charge is -2.26. The van der Waals surface area contributed by atoms with Gasteiger partial charge in [-0.25, -0.2) is 4.79 Å². The van der Waals surface area contributed by atoms with E-state index in [1.54, 1.807) is 13.8 Å². The second-order valence-corrected chi connectivity index (χ2v) is 8.10. The highest BCUT2D eigenvalue weighted by molar-refractivity contribution is 7.80. The van der Waals surface area contributed by atoms with E-state index in [9.17, 15) is 29.4 Å². The molecule has 0 spiro atoms. The number of carbonyl (C=O) groups is 4. The summed E-state index contributed by atoms with van der Waals surface area (Å²) in [5, 5.41) is 26.4. The van der Waals surface area contributed by atoms with Gasteiger partial charge < -0.3 is 43.4 Å². The minimum atomic E-state index is -1.40. The van der Waals surface area contributed by atoms with Crippen LogP contribution in [-0.4, -0.2) is 82.4 Å². The molecule has 0 aliphatic heterocycles. The van der Waals surface area contributed by atoms with Crippen molar-refractivity contribution < 1.29 is 29.4 Å². The average molecular weight is 492 g/mol. The molecule has 13 nitrogen and oxygen atoms in total. The number of hydrogen-bond donors (Lipinski definition) is 9. The Morgan fingerprint density at radius 3 is 2.03 bits per heavy atom. The molecule has 0 saturated heterocycles. The van der Waals surface area contributed by atoms with Crippen LogP contribution in [-0.2, 0) is 19.2 Å². The number of nitrogens with zero attached hydrogens (tertiary/aromatic N) is 1. The molecule has 14 heteroatoms. The molecule has 0 aromatic carbocycles. The van der Waals surface area contributed by atoms with Crippen molar-refractivity contribution >= 4 is 42.3 Å². The molecule has 0 fully saturated rings. The van der Waals surface area contributed by atoms with E-state index in [4.69, 9.17) is 17.2 Å². The Morgan fingerprint density at radius 1 is 1.00 bits per heavy atom. The van der Waals surface area contributed by atoms with Gasteiger partial charge in [0.05, 0.1) is 12.1 Å². The fraction of sp³-hybridized carbons (Fsp3) is 0.737. The topological polar surface area (TPSA) is 235 Å². The van der Waals surface area contributed by atoms with E-state index < -0.39 is 54.0 Å². The van der Waals surface area contributed by atoms with Gasteiger partial charge in [0.15, 0.2) is 5.96 Å². The van der Waals surface area contributed by atoms with Gasteiger partial charge in [-0.3, -0.25) is 19.4 Å². The molecule has 0 aromatic rings. The van der Waals surface area contributed by atoms with Crippen molar-refractivity contribution in [3.8, 4) is 0 Å². The minimum absolute atomic E-state index is 0.0829. The molecule has 0 saturated carbocycles. The van der Waals surface area contributed by atoms with Crippen LogP contribution in [0.5, 0.6) is 0 Å². The fourth-order valence-electron chi connectivity index (χ4n) is 2.71. The molecule has 0 heterocycles. The van der Waals surface area contributed by atoms with Crippen LogP contribution in [0, 0.1) is 5.92 Å². The molecule has 0 bridgehead atoms. The molecule has 0 aromatic heterocycles. The summed E-state index contributed by atoms with van der Waals surface area (Å²) in [6, 6.07) is -4.73. The zero-order chi connectivity index (χ0) is 25.7. The third kappa shape index (κ3) is 11.2. The van der Waals surface area contributed by atoms with Gasteiger partial charge in [0.2, 0.25) is 17.7 Å². The van der Waals surface area contributed by atoms with Gasteiger partial charge in [-0.05, 0) is 25.7 Å². The van der Waals surface area contributed by atoms with E-state index in [0.717, 1.165) is 0 Å². The smallest absolute Gasteiger partial charge is 0.326 e. The highest BCUT2D eigenvalue weighted by Crippen LogP contribution is 2.08. The van der Waals surface area contributed by atoms with Gasteiger partial charge in [-0.15, -0.1) is 0 Å². The van der Waals surface area contributed by atoms with Crippen molar-refractivity contribution in [1.82, 2.24) is 16.0 Å². The zero-order valence-electron chi connectivity index (χ0n) is 19.2. The van der Waals surface area contributed by atoms with Crippen LogP contribution in [0.2, 0.25) is 0 Å². The van der Waals surface area contributed by atoms with E-state index in [1.807, 2.05) is 0 Å². The van der Waals surface area contributed by atoms with E-state index in [0.29, 0.717) is 12.8 Å².